The molecule has 0 aromatic heterocycles. The molecule has 0 radical (unpaired) electrons. The summed E-state index contributed by atoms with van der Waals surface area (Å²) in [7, 11) is 2.05. The minimum Gasteiger partial charge on any atom is -0.447 e. The molecular formula is C16H21N3O3. The number of carbonyl (C=O) groups excluding carboxylic acids is 2. The number of nitrogens with zero attached hydrogens (tertiary/aromatic N) is 2. The van der Waals surface area contributed by atoms with Crippen LogP contribution in [0.3, 0.4) is 0 Å². The number of anilines is 2. The number of carbonyl (C=O) groups is 2. The van der Waals surface area contributed by atoms with Crippen LogP contribution < -0.4 is 15.1 Å². The highest BCUT2D eigenvalue weighted by atomic mass is 16.6. The van der Waals surface area contributed by atoms with E-state index in [9.17, 15) is 9.59 Å². The van der Waals surface area contributed by atoms with E-state index in [1.165, 1.54) is 0 Å². The Morgan fingerprint density at radius 3 is 2.73 bits per heavy atom. The molecule has 1 aromatic carbocycles. The van der Waals surface area contributed by atoms with Gasteiger partial charge >= 0.3 is 6.09 Å². The van der Waals surface area contributed by atoms with E-state index in [4.69, 9.17) is 4.74 Å². The van der Waals surface area contributed by atoms with Crippen LogP contribution in [0.1, 0.15) is 13.3 Å². The van der Waals surface area contributed by atoms with Crippen LogP contribution in [0.4, 0.5) is 16.2 Å². The van der Waals surface area contributed by atoms with Crippen LogP contribution >= 0.6 is 0 Å². The standard InChI is InChI=1S/C16H21N3O3/c1-11-8-18(2)13-5-3-4-6-14(13)19(9-11)15(20)7-12-10-22-16(21)17-12/h3-6,11-12H,7-10H2,1-2H3,(H,17,21)/t11?,12-/m0/s1. The van der Waals surface area contributed by atoms with Crippen molar-refractivity contribution in [3.05, 3.63) is 24.3 Å². The smallest absolute Gasteiger partial charge is 0.407 e. The third-order valence-corrected chi connectivity index (χ3v) is 4.12. The zero-order valence-corrected chi connectivity index (χ0v) is 12.9. The molecule has 2 amide bonds. The molecule has 6 nitrogen and oxygen atoms in total. The molecule has 0 spiro atoms. The minimum atomic E-state index is -0.442. The molecule has 1 unspecified atom stereocenters. The number of fused-ring (bicyclic) bond motifs is 1. The molecule has 0 saturated carbocycles. The number of amides is 2. The average Bonchev–Trinajstić information content (AvgIpc) is 2.83. The van der Waals surface area contributed by atoms with E-state index in [2.05, 4.69) is 17.1 Å². The van der Waals surface area contributed by atoms with Crippen molar-refractivity contribution < 1.29 is 14.3 Å². The molecule has 2 atom stereocenters. The Balaban J connectivity index is 1.83. The third-order valence-electron chi connectivity index (χ3n) is 4.12. The first-order valence-electron chi connectivity index (χ1n) is 7.58. The number of hydrogen-bond acceptors (Lipinski definition) is 4. The quantitative estimate of drug-likeness (QED) is 0.901. The predicted octanol–water partition coefficient (Wildman–Crippen LogP) is 1.60. The highest BCUT2D eigenvalue weighted by Gasteiger charge is 2.30. The highest BCUT2D eigenvalue weighted by Crippen LogP contribution is 2.33. The molecule has 22 heavy (non-hydrogen) atoms. The summed E-state index contributed by atoms with van der Waals surface area (Å²) >= 11 is 0. The number of cyclic esters (lactones) is 1. The van der Waals surface area contributed by atoms with Gasteiger partial charge in [-0.05, 0) is 18.1 Å². The zero-order valence-electron chi connectivity index (χ0n) is 12.9. The summed E-state index contributed by atoms with van der Waals surface area (Å²) in [5.41, 5.74) is 2.00. The van der Waals surface area contributed by atoms with E-state index < -0.39 is 6.09 Å². The van der Waals surface area contributed by atoms with E-state index in [0.29, 0.717) is 12.5 Å². The van der Waals surface area contributed by atoms with E-state index in [1.807, 2.05) is 36.2 Å². The summed E-state index contributed by atoms with van der Waals surface area (Å²) < 4.78 is 4.86. The lowest BCUT2D eigenvalue weighted by molar-refractivity contribution is -0.119. The normalized spacial score (nSPS) is 24.4. The molecule has 0 aliphatic carbocycles. The van der Waals surface area contributed by atoms with Gasteiger partial charge in [0.25, 0.3) is 0 Å². The number of benzene rings is 1. The van der Waals surface area contributed by atoms with Crippen LogP contribution in [0, 0.1) is 5.92 Å². The van der Waals surface area contributed by atoms with Gasteiger partial charge in [-0.25, -0.2) is 4.79 Å². The largest absolute Gasteiger partial charge is 0.447 e. The first kappa shape index (κ1) is 14.7. The van der Waals surface area contributed by atoms with E-state index >= 15 is 0 Å². The van der Waals surface area contributed by atoms with Crippen molar-refractivity contribution in [3.8, 4) is 0 Å². The average molecular weight is 303 g/mol. The Bertz CT molecular complexity index is 590. The Hall–Kier alpha value is -2.24. The van der Waals surface area contributed by atoms with Gasteiger partial charge in [0.05, 0.1) is 23.8 Å². The molecule has 0 bridgehead atoms. The van der Waals surface area contributed by atoms with E-state index in [1.54, 1.807) is 0 Å². The van der Waals surface area contributed by atoms with Crippen LogP contribution in [0.25, 0.3) is 0 Å². The molecule has 118 valence electrons. The lowest BCUT2D eigenvalue weighted by Crippen LogP contribution is -2.39. The number of rotatable bonds is 2. The summed E-state index contributed by atoms with van der Waals surface area (Å²) in [6, 6.07) is 7.71. The van der Waals surface area contributed by atoms with Crippen LogP contribution in [0.5, 0.6) is 0 Å². The van der Waals surface area contributed by atoms with Gasteiger partial charge in [0.1, 0.15) is 6.61 Å². The third kappa shape index (κ3) is 2.86. The summed E-state index contributed by atoms with van der Waals surface area (Å²) in [6.07, 6.45) is -0.182. The monoisotopic (exact) mass is 303 g/mol. The van der Waals surface area contributed by atoms with Crippen molar-refractivity contribution in [2.45, 2.75) is 19.4 Å². The first-order valence-corrected chi connectivity index (χ1v) is 7.58. The maximum atomic E-state index is 12.7. The maximum Gasteiger partial charge on any atom is 0.407 e. The number of hydrogen-bond donors (Lipinski definition) is 1. The fraction of sp³-hybridized carbons (Fsp3) is 0.500. The van der Waals surface area contributed by atoms with Crippen molar-refractivity contribution in [2.75, 3.05) is 36.5 Å². The van der Waals surface area contributed by atoms with Gasteiger partial charge in [0.15, 0.2) is 0 Å². The number of nitrogens with one attached hydrogen (secondary N) is 1. The van der Waals surface area contributed by atoms with Gasteiger partial charge in [-0.3, -0.25) is 4.79 Å². The fourth-order valence-electron chi connectivity index (χ4n) is 3.14. The van der Waals surface area contributed by atoms with E-state index in [-0.39, 0.29) is 25.0 Å². The second-order valence-corrected chi connectivity index (χ2v) is 6.12. The number of alkyl carbamates (subject to hydrolysis) is 1. The minimum absolute atomic E-state index is 0.0189. The predicted molar refractivity (Wildman–Crippen MR) is 84.1 cm³/mol. The Kier molecular flexibility index (Phi) is 3.92. The lowest BCUT2D eigenvalue weighted by atomic mass is 10.1. The number of ether oxygens (including phenoxy) is 1. The van der Waals surface area contributed by atoms with Gasteiger partial charge in [-0.2, -0.15) is 0 Å². The second-order valence-electron chi connectivity index (χ2n) is 6.12. The molecular weight excluding hydrogens is 282 g/mol. The summed E-state index contributed by atoms with van der Waals surface area (Å²) in [6.45, 7) is 3.99. The van der Waals surface area contributed by atoms with Gasteiger partial charge < -0.3 is 19.9 Å². The molecule has 2 aliphatic rings. The van der Waals surface area contributed by atoms with Gasteiger partial charge in [0, 0.05) is 20.1 Å². The molecule has 1 N–H and O–H groups in total. The molecule has 1 aromatic rings. The van der Waals surface area contributed by atoms with Gasteiger partial charge in [0.2, 0.25) is 5.91 Å². The maximum absolute atomic E-state index is 12.7. The van der Waals surface area contributed by atoms with E-state index in [0.717, 1.165) is 17.9 Å². The van der Waals surface area contributed by atoms with Crippen LogP contribution in [-0.2, 0) is 9.53 Å². The first-order chi connectivity index (χ1) is 10.5. The van der Waals surface area contributed by atoms with Crippen LogP contribution in [0.2, 0.25) is 0 Å². The van der Waals surface area contributed by atoms with Crippen molar-refractivity contribution >= 4 is 23.4 Å². The molecule has 1 fully saturated rings. The molecule has 1 saturated heterocycles. The van der Waals surface area contributed by atoms with Crippen molar-refractivity contribution in [3.63, 3.8) is 0 Å². The summed E-state index contributed by atoms with van der Waals surface area (Å²) in [4.78, 5) is 27.9. The van der Waals surface area contributed by atoms with Crippen molar-refractivity contribution in [1.82, 2.24) is 5.32 Å². The zero-order chi connectivity index (χ0) is 15.7. The van der Waals surface area contributed by atoms with Gasteiger partial charge in [-0.1, -0.05) is 19.1 Å². The summed E-state index contributed by atoms with van der Waals surface area (Å²) in [5.74, 6) is 0.390. The van der Waals surface area contributed by atoms with Gasteiger partial charge in [-0.15, -0.1) is 0 Å². The Labute approximate surface area is 130 Å². The Morgan fingerprint density at radius 2 is 2.05 bits per heavy atom. The molecule has 6 heteroatoms. The SMILES string of the molecule is CC1CN(C)c2ccccc2N(C(=O)C[C@H]2COC(=O)N2)C1. The lowest BCUT2D eigenvalue weighted by Gasteiger charge is -2.25. The molecule has 2 heterocycles. The summed E-state index contributed by atoms with van der Waals surface area (Å²) in [5, 5.41) is 2.66. The van der Waals surface area contributed by atoms with Crippen LogP contribution in [-0.4, -0.2) is 44.8 Å². The number of para-hydroxylation sites is 2. The highest BCUT2D eigenvalue weighted by molar-refractivity contribution is 5.97. The topological polar surface area (TPSA) is 61.9 Å². The fourth-order valence-corrected chi connectivity index (χ4v) is 3.14. The second kappa shape index (κ2) is 5.87. The Morgan fingerprint density at radius 1 is 1.32 bits per heavy atom. The molecule has 2 aliphatic heterocycles. The van der Waals surface area contributed by atoms with Crippen molar-refractivity contribution in [1.29, 1.82) is 0 Å². The molecule has 3 rings (SSSR count). The van der Waals surface area contributed by atoms with Crippen molar-refractivity contribution in [2.24, 2.45) is 5.92 Å². The van der Waals surface area contributed by atoms with Crippen LogP contribution in [0.15, 0.2) is 24.3 Å².